The summed E-state index contributed by atoms with van der Waals surface area (Å²) in [6.07, 6.45) is 13.2. The van der Waals surface area contributed by atoms with Crippen molar-refractivity contribution in [2.45, 2.75) is 105 Å². The minimum Gasteiger partial charge on any atom is -0.0955 e. The molecule has 0 unspecified atom stereocenters. The molecule has 0 aromatic heterocycles. The van der Waals surface area contributed by atoms with E-state index in [9.17, 15) is 0 Å². The number of allylic oxidation sites excluding steroid dienone is 1. The molecule has 0 atom stereocenters. The average Bonchev–Trinajstić information content (AvgIpc) is 2.75. The van der Waals surface area contributed by atoms with Crippen molar-refractivity contribution in [3.63, 3.8) is 0 Å². The van der Waals surface area contributed by atoms with Gasteiger partial charge in [-0.05, 0) is 46.4 Å². The van der Waals surface area contributed by atoms with E-state index in [1.165, 1.54) is 80.0 Å². The molecule has 2 aromatic carbocycles. The molecule has 0 bridgehead atoms. The quantitative estimate of drug-likeness (QED) is 0.427. The molecule has 0 nitrogen and oxygen atoms in total. The van der Waals surface area contributed by atoms with Gasteiger partial charge in [0.2, 0.25) is 0 Å². The molecule has 2 fully saturated rings. The Morgan fingerprint density at radius 3 is 1.31 bits per heavy atom. The molecule has 0 aliphatic heterocycles. The summed E-state index contributed by atoms with van der Waals surface area (Å²) in [4.78, 5) is 0. The summed E-state index contributed by atoms with van der Waals surface area (Å²) in [7, 11) is 7.50. The average molecular weight is 432 g/mol. The summed E-state index contributed by atoms with van der Waals surface area (Å²) in [6.45, 7) is 16.9. The Kier molecular flexibility index (Phi) is 15.8. The first-order valence-electron chi connectivity index (χ1n) is 13.2. The maximum atomic E-state index is 5.25. The zero-order valence-corrected chi connectivity index (χ0v) is 21.8. The minimum atomic E-state index is 0.327. The van der Waals surface area contributed by atoms with E-state index >= 15 is 0 Å². The molecule has 2 heteroatoms. The largest absolute Gasteiger partial charge is 0.0955 e. The molecule has 0 spiro atoms. The monoisotopic (exact) mass is 432 g/mol. The number of benzene rings is 2. The van der Waals surface area contributed by atoms with E-state index in [0.29, 0.717) is 5.41 Å². The van der Waals surface area contributed by atoms with Crippen LogP contribution in [0.1, 0.15) is 108 Å². The van der Waals surface area contributed by atoms with Gasteiger partial charge in [0.25, 0.3) is 0 Å². The molecule has 2 aliphatic rings. The van der Waals surface area contributed by atoms with E-state index < -0.39 is 0 Å². The van der Waals surface area contributed by atoms with Crippen LogP contribution in [0.4, 0.5) is 0 Å². The highest BCUT2D eigenvalue weighted by Gasteiger charge is 2.16. The fourth-order valence-electron chi connectivity index (χ4n) is 2.55. The lowest BCUT2D eigenvalue weighted by Crippen LogP contribution is -2.14. The van der Waals surface area contributed by atoms with E-state index in [2.05, 4.69) is 106 Å². The second kappa shape index (κ2) is 17.8. The number of hydrogen-bond acceptors (Lipinski definition) is 0. The second-order valence-corrected chi connectivity index (χ2v) is 9.58. The number of aryl methyl sites for hydroxylation is 2. The van der Waals surface area contributed by atoms with E-state index in [1.807, 2.05) is 6.92 Å². The highest BCUT2D eigenvalue weighted by Crippen LogP contribution is 2.26. The van der Waals surface area contributed by atoms with Gasteiger partial charge in [-0.25, -0.2) is 0 Å². The molecular weight excluding hydrogens is 382 g/mol. The Hall–Kier alpha value is -1.69. The smallest absolute Gasteiger partial charge is 0.0379 e. The van der Waals surface area contributed by atoms with Gasteiger partial charge in [0, 0.05) is 16.8 Å². The summed E-state index contributed by atoms with van der Waals surface area (Å²) < 4.78 is 10.5. The van der Waals surface area contributed by atoms with Crippen LogP contribution >= 0.6 is 0 Å². The van der Waals surface area contributed by atoms with Gasteiger partial charge in [0.15, 0.2) is 0 Å². The summed E-state index contributed by atoms with van der Waals surface area (Å²) >= 11 is 0. The SMILES string of the molecule is C1CCC1.C1CCC1.C=C(C)c1ccc(C)cc1.CCC(C)(C)c1ccc(C)cc1.[2H][B].[2H][B]. The molecule has 0 N–H and O–H groups in total. The summed E-state index contributed by atoms with van der Waals surface area (Å²) in [5.74, 6) is 0. The lowest BCUT2D eigenvalue weighted by atomic mass is 9.82. The van der Waals surface area contributed by atoms with Gasteiger partial charge in [0.05, 0.1) is 0 Å². The molecule has 4 radical (unpaired) electrons. The molecule has 32 heavy (non-hydrogen) atoms. The molecule has 0 saturated heterocycles. The second-order valence-electron chi connectivity index (χ2n) is 9.58. The van der Waals surface area contributed by atoms with Crippen molar-refractivity contribution < 1.29 is 0 Å². The normalized spacial score (nSPS) is 13.7. The van der Waals surface area contributed by atoms with Crippen LogP contribution in [0.5, 0.6) is 0 Å². The lowest BCUT2D eigenvalue weighted by Gasteiger charge is -2.23. The minimum absolute atomic E-state index is 0.327. The lowest BCUT2D eigenvalue weighted by molar-refractivity contribution is 0.504. The first-order valence-corrected chi connectivity index (χ1v) is 12.1. The summed E-state index contributed by atoms with van der Waals surface area (Å²) in [5, 5.41) is 0. The zero-order chi connectivity index (χ0) is 26.4. The molecule has 174 valence electrons. The zero-order valence-electron chi connectivity index (χ0n) is 23.8. The Bertz CT molecular complexity index is 698. The van der Waals surface area contributed by atoms with Gasteiger partial charge < -0.3 is 0 Å². The topological polar surface area (TPSA) is 0 Å². The third-order valence-corrected chi connectivity index (χ3v) is 6.26. The van der Waals surface area contributed by atoms with Crippen molar-refractivity contribution in [3.8, 4) is 0 Å². The Morgan fingerprint density at radius 2 is 1.06 bits per heavy atom. The third kappa shape index (κ3) is 13.7. The standard InChI is InChI=1S/C12H18.C10H12.2C4H8.2BH/c1-5-12(3,4)11-8-6-10(2)7-9-11;1-8(2)10-6-4-9(3)5-7-10;2*1-2-4-3-1;;/h6-9H,5H2,1-4H3;4-7H,1H2,2-3H3;2*1-4H2;2*1H/i;;;;2*1D. The molecular formula is C30H48B2. The van der Waals surface area contributed by atoms with E-state index in [1.54, 1.807) is 0 Å². The molecule has 0 amide bonds. The van der Waals surface area contributed by atoms with Crippen molar-refractivity contribution in [3.05, 3.63) is 77.4 Å². The van der Waals surface area contributed by atoms with E-state index in [4.69, 9.17) is 2.67 Å². The Balaban J connectivity index is 0. The van der Waals surface area contributed by atoms with E-state index in [0.717, 1.165) is 5.57 Å². The van der Waals surface area contributed by atoms with Crippen LogP contribution in [0.25, 0.3) is 5.57 Å². The molecule has 2 aliphatic carbocycles. The van der Waals surface area contributed by atoms with Gasteiger partial charge in [-0.1, -0.05) is 144 Å². The summed E-state index contributed by atoms with van der Waals surface area (Å²) in [6, 6.07) is 17.2. The Morgan fingerprint density at radius 1 is 0.750 bits per heavy atom. The van der Waals surface area contributed by atoms with E-state index in [-0.39, 0.29) is 0 Å². The van der Waals surface area contributed by atoms with Crippen molar-refractivity contribution in [2.24, 2.45) is 0 Å². The van der Waals surface area contributed by atoms with Crippen LogP contribution in [0, 0.1) is 13.8 Å². The van der Waals surface area contributed by atoms with Gasteiger partial charge in [-0.15, -0.1) is 0 Å². The molecule has 4 rings (SSSR count). The number of hydrogen-bond donors (Lipinski definition) is 0. The first kappa shape index (κ1) is 28.3. The molecule has 2 aromatic rings. The predicted molar refractivity (Wildman–Crippen MR) is 152 cm³/mol. The maximum Gasteiger partial charge on any atom is 0.0379 e. The number of rotatable bonds is 3. The van der Waals surface area contributed by atoms with Crippen molar-refractivity contribution in [2.75, 3.05) is 0 Å². The van der Waals surface area contributed by atoms with Crippen molar-refractivity contribution in [1.82, 2.24) is 0 Å². The fraction of sp³-hybridized carbons (Fsp3) is 0.533. The van der Waals surface area contributed by atoms with Crippen LogP contribution in [0.15, 0.2) is 55.1 Å². The van der Waals surface area contributed by atoms with Gasteiger partial charge >= 0.3 is 0 Å². The van der Waals surface area contributed by atoms with Gasteiger partial charge in [0.1, 0.15) is 0 Å². The van der Waals surface area contributed by atoms with Crippen molar-refractivity contribution >= 4 is 22.3 Å². The van der Waals surface area contributed by atoms with Crippen LogP contribution in [0.3, 0.4) is 0 Å². The highest BCUT2D eigenvalue weighted by molar-refractivity contribution is 5.76. The first-order chi connectivity index (χ1) is 16.3. The van der Waals surface area contributed by atoms with Crippen LogP contribution < -0.4 is 0 Å². The molecule has 0 heterocycles. The summed E-state index contributed by atoms with van der Waals surface area (Å²) in [5.41, 5.74) is 6.75. The Labute approximate surface area is 207 Å². The maximum absolute atomic E-state index is 5.25. The van der Waals surface area contributed by atoms with Crippen LogP contribution in [0.2, 0.25) is 0 Å². The van der Waals surface area contributed by atoms with Gasteiger partial charge in [-0.2, -0.15) is 0 Å². The van der Waals surface area contributed by atoms with Crippen LogP contribution in [-0.2, 0) is 5.41 Å². The fourth-order valence-corrected chi connectivity index (χ4v) is 2.55. The highest BCUT2D eigenvalue weighted by atomic mass is 14.2. The van der Waals surface area contributed by atoms with Gasteiger partial charge in [-0.3, -0.25) is 0 Å². The predicted octanol–water partition coefficient (Wildman–Crippen LogP) is 8.53. The van der Waals surface area contributed by atoms with Crippen LogP contribution in [-0.4, -0.2) is 19.4 Å². The molecule has 2 saturated carbocycles. The van der Waals surface area contributed by atoms with Crippen molar-refractivity contribution in [1.29, 1.82) is 2.67 Å². The third-order valence-electron chi connectivity index (χ3n) is 6.26.